The Morgan fingerprint density at radius 2 is 1.89 bits per heavy atom. The molecule has 2 heterocycles. The predicted octanol–water partition coefficient (Wildman–Crippen LogP) is 2.37. The standard InChI is InChI=1S/C20H26N4O3S/c1-4-10-21-20(25)24-12-5-11-23(13-14-24)19-16(3)18(28(26,27)22-19)17-8-6-15(2)7-9-17/h4,6-9H,1,5,10-14H2,2-3H3,(H,21,25). The van der Waals surface area contributed by atoms with Crippen LogP contribution in [0.5, 0.6) is 0 Å². The summed E-state index contributed by atoms with van der Waals surface area (Å²) in [6.07, 6.45) is 2.38. The number of carbonyl (C=O) groups excluding carboxylic acids is 1. The van der Waals surface area contributed by atoms with Gasteiger partial charge >= 0.3 is 6.03 Å². The van der Waals surface area contributed by atoms with Crippen LogP contribution in [0.4, 0.5) is 4.79 Å². The maximum Gasteiger partial charge on any atom is 0.317 e. The predicted molar refractivity (Wildman–Crippen MR) is 111 cm³/mol. The fourth-order valence-electron chi connectivity index (χ4n) is 3.49. The molecule has 3 rings (SSSR count). The van der Waals surface area contributed by atoms with Gasteiger partial charge in [-0.1, -0.05) is 35.9 Å². The maximum atomic E-state index is 12.7. The third kappa shape index (κ3) is 4.11. The van der Waals surface area contributed by atoms with Gasteiger partial charge in [0, 0.05) is 38.3 Å². The Hall–Kier alpha value is -2.61. The highest BCUT2D eigenvalue weighted by molar-refractivity contribution is 8.00. The molecule has 7 nitrogen and oxygen atoms in total. The number of benzene rings is 1. The van der Waals surface area contributed by atoms with Crippen molar-refractivity contribution in [2.45, 2.75) is 20.3 Å². The average Bonchev–Trinajstić information content (AvgIpc) is 2.83. The van der Waals surface area contributed by atoms with Crippen LogP contribution in [-0.2, 0) is 10.0 Å². The molecule has 1 aromatic rings. The zero-order valence-corrected chi connectivity index (χ0v) is 17.1. The lowest BCUT2D eigenvalue weighted by Gasteiger charge is -2.23. The normalized spacial score (nSPS) is 19.3. The lowest BCUT2D eigenvalue weighted by molar-refractivity contribution is 0.201. The molecule has 0 unspecified atom stereocenters. The van der Waals surface area contributed by atoms with Crippen molar-refractivity contribution in [3.05, 3.63) is 53.6 Å². The Bertz CT molecular complexity index is 933. The molecule has 0 saturated carbocycles. The van der Waals surface area contributed by atoms with Gasteiger partial charge in [0.2, 0.25) is 0 Å². The van der Waals surface area contributed by atoms with Crippen molar-refractivity contribution in [3.63, 3.8) is 0 Å². The van der Waals surface area contributed by atoms with Crippen molar-refractivity contribution in [2.24, 2.45) is 4.40 Å². The molecule has 0 aliphatic carbocycles. The van der Waals surface area contributed by atoms with Gasteiger partial charge in [0.1, 0.15) is 10.7 Å². The Morgan fingerprint density at radius 1 is 1.18 bits per heavy atom. The Morgan fingerprint density at radius 3 is 2.57 bits per heavy atom. The van der Waals surface area contributed by atoms with Gasteiger partial charge in [-0.3, -0.25) is 0 Å². The van der Waals surface area contributed by atoms with Crippen molar-refractivity contribution in [2.75, 3.05) is 32.7 Å². The van der Waals surface area contributed by atoms with E-state index in [9.17, 15) is 13.2 Å². The molecule has 0 atom stereocenters. The number of carbonyl (C=O) groups is 1. The van der Waals surface area contributed by atoms with E-state index in [-0.39, 0.29) is 10.9 Å². The van der Waals surface area contributed by atoms with E-state index in [1.165, 1.54) is 0 Å². The molecule has 2 aliphatic heterocycles. The van der Waals surface area contributed by atoms with Crippen molar-refractivity contribution in [1.82, 2.24) is 15.1 Å². The number of nitrogens with one attached hydrogen (secondary N) is 1. The fourth-order valence-corrected chi connectivity index (χ4v) is 4.98. The highest BCUT2D eigenvalue weighted by atomic mass is 32.2. The van der Waals surface area contributed by atoms with Gasteiger partial charge in [-0.05, 0) is 25.8 Å². The Labute approximate surface area is 166 Å². The molecule has 1 N–H and O–H groups in total. The number of hydrogen-bond acceptors (Lipinski definition) is 4. The van der Waals surface area contributed by atoms with E-state index in [4.69, 9.17) is 0 Å². The second-order valence-corrected chi connectivity index (χ2v) is 8.55. The molecule has 0 spiro atoms. The van der Waals surface area contributed by atoms with Crippen LogP contribution in [0, 0.1) is 6.92 Å². The number of hydrogen-bond donors (Lipinski definition) is 1. The number of aryl methyl sites for hydroxylation is 1. The number of nitrogens with zero attached hydrogens (tertiary/aromatic N) is 3. The van der Waals surface area contributed by atoms with Gasteiger partial charge in [0.25, 0.3) is 10.0 Å². The molecule has 1 fully saturated rings. The van der Waals surface area contributed by atoms with Crippen molar-refractivity contribution in [3.8, 4) is 0 Å². The molecule has 28 heavy (non-hydrogen) atoms. The summed E-state index contributed by atoms with van der Waals surface area (Å²) >= 11 is 0. The zero-order valence-electron chi connectivity index (χ0n) is 16.3. The topological polar surface area (TPSA) is 82.1 Å². The minimum Gasteiger partial charge on any atom is -0.354 e. The molecule has 1 saturated heterocycles. The molecule has 0 radical (unpaired) electrons. The summed E-state index contributed by atoms with van der Waals surface area (Å²) < 4.78 is 29.5. The minimum atomic E-state index is -3.73. The summed E-state index contributed by atoms with van der Waals surface area (Å²) in [5.41, 5.74) is 2.39. The molecule has 0 aromatic heterocycles. The quantitative estimate of drug-likeness (QED) is 0.787. The van der Waals surface area contributed by atoms with Crippen LogP contribution in [-0.4, -0.2) is 62.8 Å². The van der Waals surface area contributed by atoms with Crippen LogP contribution in [0.25, 0.3) is 4.91 Å². The number of rotatable bonds is 3. The molecule has 2 amide bonds. The van der Waals surface area contributed by atoms with Crippen LogP contribution >= 0.6 is 0 Å². The third-order valence-electron chi connectivity index (χ3n) is 4.93. The molecule has 2 aliphatic rings. The number of urea groups is 1. The summed E-state index contributed by atoms with van der Waals surface area (Å²) in [7, 11) is -3.73. The van der Waals surface area contributed by atoms with Gasteiger partial charge < -0.3 is 15.1 Å². The van der Waals surface area contributed by atoms with Crippen molar-refractivity contribution >= 4 is 26.8 Å². The number of amides is 2. The first-order chi connectivity index (χ1) is 13.3. The summed E-state index contributed by atoms with van der Waals surface area (Å²) in [5, 5.41) is 2.78. The van der Waals surface area contributed by atoms with Gasteiger partial charge in [-0.15, -0.1) is 11.0 Å². The Balaban J connectivity index is 1.81. The second kappa shape index (κ2) is 8.18. The lowest BCUT2D eigenvalue weighted by Crippen LogP contribution is -2.42. The van der Waals surface area contributed by atoms with Crippen molar-refractivity contribution < 1.29 is 13.2 Å². The fraction of sp³-hybridized carbons (Fsp3) is 0.400. The minimum absolute atomic E-state index is 0.129. The van der Waals surface area contributed by atoms with E-state index in [0.29, 0.717) is 49.7 Å². The summed E-state index contributed by atoms with van der Waals surface area (Å²) in [6.45, 7) is 10.1. The first-order valence-corrected chi connectivity index (χ1v) is 10.8. The SMILES string of the molecule is C=CCNC(=O)N1CCCN(C2=NS(=O)(=O)C(c3ccc(C)cc3)=C2C)CC1. The monoisotopic (exact) mass is 402 g/mol. The van der Waals surface area contributed by atoms with Crippen LogP contribution < -0.4 is 5.32 Å². The van der Waals surface area contributed by atoms with Crippen LogP contribution in [0.15, 0.2) is 46.9 Å². The smallest absolute Gasteiger partial charge is 0.317 e. The highest BCUT2D eigenvalue weighted by Gasteiger charge is 2.34. The van der Waals surface area contributed by atoms with Gasteiger partial charge in [-0.25, -0.2) is 4.79 Å². The zero-order chi connectivity index (χ0) is 20.3. The summed E-state index contributed by atoms with van der Waals surface area (Å²) in [4.78, 5) is 16.2. The van der Waals surface area contributed by atoms with Gasteiger partial charge in [-0.2, -0.15) is 8.42 Å². The van der Waals surface area contributed by atoms with Crippen LogP contribution in [0.1, 0.15) is 24.5 Å². The van der Waals surface area contributed by atoms with E-state index in [0.717, 1.165) is 12.0 Å². The first kappa shape index (κ1) is 20.1. The average molecular weight is 403 g/mol. The van der Waals surface area contributed by atoms with E-state index >= 15 is 0 Å². The second-order valence-electron chi connectivity index (χ2n) is 7.01. The van der Waals surface area contributed by atoms with Gasteiger partial charge in [0.05, 0.1) is 0 Å². The summed E-state index contributed by atoms with van der Waals surface area (Å²) in [5.74, 6) is 0.490. The first-order valence-electron chi connectivity index (χ1n) is 9.35. The molecule has 1 aromatic carbocycles. The summed E-state index contributed by atoms with van der Waals surface area (Å²) in [6, 6.07) is 7.30. The number of amidine groups is 1. The molecular formula is C20H26N4O3S. The largest absolute Gasteiger partial charge is 0.354 e. The van der Waals surface area contributed by atoms with Gasteiger partial charge in [0.15, 0.2) is 0 Å². The highest BCUT2D eigenvalue weighted by Crippen LogP contribution is 2.33. The van der Waals surface area contributed by atoms with E-state index in [1.54, 1.807) is 17.9 Å². The molecule has 0 bridgehead atoms. The lowest BCUT2D eigenvalue weighted by atomic mass is 10.1. The van der Waals surface area contributed by atoms with Crippen LogP contribution in [0.3, 0.4) is 0 Å². The maximum absolute atomic E-state index is 12.7. The van der Waals surface area contributed by atoms with E-state index in [2.05, 4.69) is 16.3 Å². The third-order valence-corrected chi connectivity index (χ3v) is 6.41. The molecule has 8 heteroatoms. The van der Waals surface area contributed by atoms with E-state index in [1.807, 2.05) is 36.1 Å². The van der Waals surface area contributed by atoms with E-state index < -0.39 is 10.0 Å². The van der Waals surface area contributed by atoms with Crippen molar-refractivity contribution in [1.29, 1.82) is 0 Å². The number of sulfonamides is 1. The Kier molecular flexibility index (Phi) is 5.88. The van der Waals surface area contributed by atoms with Crippen LogP contribution in [0.2, 0.25) is 0 Å². The molecule has 150 valence electrons. The molecular weight excluding hydrogens is 376 g/mol.